The lowest BCUT2D eigenvalue weighted by Crippen LogP contribution is -2.47. The highest BCUT2D eigenvalue weighted by Gasteiger charge is 2.38. The van der Waals surface area contributed by atoms with Gasteiger partial charge >= 0.3 is 0 Å². The van der Waals surface area contributed by atoms with Crippen molar-refractivity contribution < 1.29 is 18.9 Å². The number of piperidine rings is 3. The molecule has 268 valence electrons. The first-order valence-corrected chi connectivity index (χ1v) is 18.6. The molecule has 6 heterocycles. The van der Waals surface area contributed by atoms with Gasteiger partial charge in [0.1, 0.15) is 5.82 Å². The van der Waals surface area contributed by atoms with Gasteiger partial charge in [0.25, 0.3) is 5.91 Å². The molecule has 4 fully saturated rings. The summed E-state index contributed by atoms with van der Waals surface area (Å²) in [5.41, 5.74) is 11.6. The molecule has 3 aliphatic heterocycles. The molecule has 3 saturated heterocycles. The van der Waals surface area contributed by atoms with Gasteiger partial charge in [-0.15, -0.1) is 0 Å². The van der Waals surface area contributed by atoms with Crippen LogP contribution in [0.1, 0.15) is 103 Å². The third-order valence-electron chi connectivity index (χ3n) is 11.8. The number of H-pyrrole nitrogens is 1. The monoisotopic (exact) mass is 701 g/mol. The molecule has 4 aliphatic rings. The minimum Gasteiger partial charge on any atom is -0.382 e. The van der Waals surface area contributed by atoms with Crippen LogP contribution in [-0.4, -0.2) is 75.0 Å². The van der Waals surface area contributed by atoms with Crippen LogP contribution in [-0.2, 0) is 9.59 Å². The maximum absolute atomic E-state index is 12.7. The summed E-state index contributed by atoms with van der Waals surface area (Å²) in [6.07, 6.45) is 12.1. The van der Waals surface area contributed by atoms with Gasteiger partial charge in [0.2, 0.25) is 11.8 Å². The lowest BCUT2D eigenvalue weighted by Gasteiger charge is -2.46. The van der Waals surface area contributed by atoms with E-state index in [9.17, 15) is 14.4 Å². The molecule has 5 aromatic rings. The van der Waals surface area contributed by atoms with Crippen molar-refractivity contribution in [1.82, 2.24) is 30.3 Å². The van der Waals surface area contributed by atoms with E-state index in [1.54, 1.807) is 6.20 Å². The van der Waals surface area contributed by atoms with Crippen molar-refractivity contribution in [2.45, 2.75) is 81.6 Å². The zero-order chi connectivity index (χ0) is 35.3. The van der Waals surface area contributed by atoms with Gasteiger partial charge < -0.3 is 25.4 Å². The average molecular weight is 702 g/mol. The number of nitrogens with zero attached hydrogens (tertiary/aromatic N) is 5. The van der Waals surface area contributed by atoms with Crippen molar-refractivity contribution in [3.05, 3.63) is 71.3 Å². The van der Waals surface area contributed by atoms with Crippen molar-refractivity contribution in [2.24, 2.45) is 5.73 Å². The maximum Gasteiger partial charge on any atom is 0.271 e. The second-order valence-electron chi connectivity index (χ2n) is 14.9. The van der Waals surface area contributed by atoms with Crippen LogP contribution in [0.3, 0.4) is 0 Å². The average Bonchev–Trinajstić information content (AvgIpc) is 3.80. The Balaban J connectivity index is 0.824. The Morgan fingerprint density at radius 1 is 0.942 bits per heavy atom. The van der Waals surface area contributed by atoms with Crippen LogP contribution in [0.25, 0.3) is 21.9 Å². The van der Waals surface area contributed by atoms with E-state index in [-0.39, 0.29) is 17.5 Å². The number of nitrogens with two attached hydrogens (primary N) is 1. The number of fused-ring (bicyclic) bond motifs is 3. The molecule has 1 unspecified atom stereocenters. The predicted molar refractivity (Wildman–Crippen MR) is 197 cm³/mol. The number of hydrogen-bond acceptors (Lipinski definition) is 10. The zero-order valence-corrected chi connectivity index (χ0v) is 29.1. The molecule has 1 aliphatic carbocycles. The molecule has 1 saturated carbocycles. The van der Waals surface area contributed by atoms with Gasteiger partial charge in [-0.25, -0.2) is 15.1 Å². The Hall–Kier alpha value is -5.30. The Labute approximate surface area is 300 Å². The molecule has 5 N–H and O–H groups in total. The molecule has 3 aromatic heterocycles. The molecule has 52 heavy (non-hydrogen) atoms. The fourth-order valence-electron chi connectivity index (χ4n) is 8.86. The summed E-state index contributed by atoms with van der Waals surface area (Å²) in [4.78, 5) is 55.3. The normalized spacial score (nSPS) is 23.2. The minimum atomic E-state index is -0.602. The maximum atomic E-state index is 12.7. The smallest absolute Gasteiger partial charge is 0.271 e. The third kappa shape index (κ3) is 5.96. The quantitative estimate of drug-likeness (QED) is 0.150. The molecular formula is C39H43N9O4. The number of carbonyl (C=O) groups is 3. The fourth-order valence-corrected chi connectivity index (χ4v) is 8.86. The Morgan fingerprint density at radius 2 is 1.73 bits per heavy atom. The van der Waals surface area contributed by atoms with Crippen molar-refractivity contribution >= 4 is 56.9 Å². The van der Waals surface area contributed by atoms with Crippen LogP contribution in [0.2, 0.25) is 0 Å². The van der Waals surface area contributed by atoms with Crippen molar-refractivity contribution in [2.75, 3.05) is 36.4 Å². The van der Waals surface area contributed by atoms with Crippen LogP contribution in [0.15, 0.2) is 53.3 Å². The largest absolute Gasteiger partial charge is 0.382 e. The van der Waals surface area contributed by atoms with Crippen LogP contribution in [0.4, 0.5) is 17.3 Å². The zero-order valence-electron chi connectivity index (χ0n) is 29.1. The van der Waals surface area contributed by atoms with Gasteiger partial charge in [-0.05, 0) is 112 Å². The van der Waals surface area contributed by atoms with E-state index < -0.39 is 11.8 Å². The van der Waals surface area contributed by atoms with Crippen LogP contribution in [0.5, 0.6) is 0 Å². The molecule has 0 bridgehead atoms. The highest BCUT2D eigenvalue weighted by atomic mass is 16.5. The van der Waals surface area contributed by atoms with E-state index in [4.69, 9.17) is 20.2 Å². The van der Waals surface area contributed by atoms with Crippen molar-refractivity contribution in [3.63, 3.8) is 0 Å². The van der Waals surface area contributed by atoms with E-state index in [2.05, 4.69) is 60.9 Å². The van der Waals surface area contributed by atoms with Gasteiger partial charge in [0.15, 0.2) is 17.1 Å². The SMILES string of the molecule is NC(=O)c1ncc(N2CCCCC2)nc1Nc1ccc(C2CCN(C3CC(c4cc5o[nH]c(C6CCC(=O)NC6=O)c5c5ccnc45)C3)CC2)cc1. The number of imide groups is 1. The fraction of sp³-hybridized carbons (Fsp3) is 0.436. The Morgan fingerprint density at radius 3 is 2.48 bits per heavy atom. The third-order valence-corrected chi connectivity index (χ3v) is 11.8. The van der Waals surface area contributed by atoms with Crippen molar-refractivity contribution in [3.8, 4) is 0 Å². The summed E-state index contributed by atoms with van der Waals surface area (Å²) in [5.74, 6) is 0.481. The first kappa shape index (κ1) is 32.6. The topological polar surface area (TPSA) is 175 Å². The number of likely N-dealkylation sites (tertiary alicyclic amines) is 1. The lowest BCUT2D eigenvalue weighted by atomic mass is 9.73. The van der Waals surface area contributed by atoms with Crippen LogP contribution >= 0.6 is 0 Å². The summed E-state index contributed by atoms with van der Waals surface area (Å²) in [7, 11) is 0. The number of benzene rings is 2. The molecule has 0 radical (unpaired) electrons. The first-order chi connectivity index (χ1) is 25.4. The van der Waals surface area contributed by atoms with Gasteiger partial charge in [-0.3, -0.25) is 24.7 Å². The predicted octanol–water partition coefficient (Wildman–Crippen LogP) is 5.58. The number of rotatable bonds is 8. The molecule has 0 spiro atoms. The van der Waals surface area contributed by atoms with Crippen LogP contribution < -0.4 is 21.3 Å². The van der Waals surface area contributed by atoms with E-state index in [0.29, 0.717) is 42.2 Å². The second kappa shape index (κ2) is 13.4. The number of primary amides is 1. The summed E-state index contributed by atoms with van der Waals surface area (Å²) in [6, 6.07) is 13.1. The van der Waals surface area contributed by atoms with E-state index in [0.717, 1.165) is 98.1 Å². The van der Waals surface area contributed by atoms with Gasteiger partial charge in [-0.1, -0.05) is 12.1 Å². The summed E-state index contributed by atoms with van der Waals surface area (Å²) in [6.45, 7) is 4.00. The van der Waals surface area contributed by atoms with Gasteiger partial charge in [0.05, 0.1) is 28.7 Å². The lowest BCUT2D eigenvalue weighted by molar-refractivity contribution is -0.134. The number of amides is 3. The number of nitrogens with one attached hydrogen (secondary N) is 3. The number of aromatic amines is 1. The number of aromatic nitrogens is 4. The second-order valence-corrected chi connectivity index (χ2v) is 14.9. The first-order valence-electron chi connectivity index (χ1n) is 18.6. The highest BCUT2D eigenvalue weighted by Crippen LogP contribution is 2.46. The van der Waals surface area contributed by atoms with E-state index in [1.165, 1.54) is 17.5 Å². The summed E-state index contributed by atoms with van der Waals surface area (Å²) in [5, 5.41) is 10.7. The number of anilines is 3. The summed E-state index contributed by atoms with van der Waals surface area (Å²) < 4.78 is 5.93. The Bertz CT molecular complexity index is 2160. The van der Waals surface area contributed by atoms with Crippen LogP contribution in [0, 0.1) is 0 Å². The molecule has 2 aromatic carbocycles. The number of hydrogen-bond donors (Lipinski definition) is 4. The van der Waals surface area contributed by atoms with E-state index in [1.807, 2.05) is 12.3 Å². The van der Waals surface area contributed by atoms with E-state index >= 15 is 0 Å². The van der Waals surface area contributed by atoms with Gasteiger partial charge in [-0.2, -0.15) is 0 Å². The van der Waals surface area contributed by atoms with Gasteiger partial charge in [0, 0.05) is 42.8 Å². The van der Waals surface area contributed by atoms with Crippen molar-refractivity contribution in [1.29, 1.82) is 0 Å². The molecule has 13 heteroatoms. The highest BCUT2D eigenvalue weighted by molar-refractivity contribution is 6.10. The Kier molecular flexibility index (Phi) is 8.37. The number of carbonyl (C=O) groups excluding carboxylic acids is 3. The standard InChI is InChI=1S/C39H43N9O4/c40-37(50)36-38(44-31(21-42-36)48-14-2-1-3-15-48)43-25-6-4-22(5-7-25)23-11-16-47(17-12-23)26-18-24(19-26)29-20-30-33(27-10-13-41-34(27)29)35(46-52-30)28-8-9-32(49)45-39(28)51/h4-7,10,13,20-21,23-24,26,28,46H,1-3,8-9,11-12,14-19H2,(H2,40,50)(H,43,44)(H,45,49,51). The molecule has 13 nitrogen and oxygen atoms in total. The molecule has 3 amide bonds. The summed E-state index contributed by atoms with van der Waals surface area (Å²) >= 11 is 0. The minimum absolute atomic E-state index is 0.143. The molecule has 1 atom stereocenters. The molecular weight excluding hydrogens is 658 g/mol. The molecule has 9 rings (SSSR count).